The number of halogens is 2. The van der Waals surface area contributed by atoms with Crippen LogP contribution in [0.4, 0.5) is 14.5 Å². The van der Waals surface area contributed by atoms with E-state index in [9.17, 15) is 13.6 Å². The zero-order chi connectivity index (χ0) is 14.5. The minimum Gasteiger partial charge on any atom is -0.383 e. The summed E-state index contributed by atoms with van der Waals surface area (Å²) in [6.07, 6.45) is 1.60. The molecule has 0 saturated heterocycles. The molecule has 0 unspecified atom stereocenters. The average Bonchev–Trinajstić information content (AvgIpc) is 2.45. The van der Waals surface area contributed by atoms with Crippen molar-refractivity contribution in [2.24, 2.45) is 0 Å². The number of pyridine rings is 1. The first-order chi connectivity index (χ1) is 9.61. The van der Waals surface area contributed by atoms with Crippen molar-refractivity contribution in [1.29, 1.82) is 0 Å². The van der Waals surface area contributed by atoms with E-state index in [0.717, 1.165) is 12.1 Å². The summed E-state index contributed by atoms with van der Waals surface area (Å²) in [5, 5.41) is 4.95. The molecule has 0 aliphatic carbocycles. The first kappa shape index (κ1) is 13.9. The maximum absolute atomic E-state index is 13.5. The van der Waals surface area contributed by atoms with Crippen molar-refractivity contribution in [2.75, 3.05) is 12.4 Å². The highest BCUT2D eigenvalue weighted by atomic mass is 19.1. The van der Waals surface area contributed by atoms with Crippen LogP contribution in [-0.2, 0) is 6.54 Å². The fourth-order valence-electron chi connectivity index (χ4n) is 1.72. The molecule has 0 aliphatic rings. The number of nitrogens with one attached hydrogen (secondary N) is 2. The molecule has 1 heterocycles. The first-order valence-electron chi connectivity index (χ1n) is 5.96. The highest BCUT2D eigenvalue weighted by molar-refractivity contribution is 5.94. The molecule has 0 radical (unpaired) electrons. The van der Waals surface area contributed by atoms with Crippen molar-refractivity contribution in [3.05, 3.63) is 59.4 Å². The molecule has 20 heavy (non-hydrogen) atoms. The number of carbonyl (C=O) groups excluding carboxylic acids is 1. The molecule has 0 atom stereocenters. The van der Waals surface area contributed by atoms with Gasteiger partial charge in [0.05, 0.1) is 12.2 Å². The summed E-state index contributed by atoms with van der Waals surface area (Å²) in [5.74, 6) is -2.18. The van der Waals surface area contributed by atoms with Gasteiger partial charge in [-0.2, -0.15) is 0 Å². The van der Waals surface area contributed by atoms with Crippen LogP contribution in [0.5, 0.6) is 0 Å². The van der Waals surface area contributed by atoms with Gasteiger partial charge in [-0.1, -0.05) is 6.07 Å². The van der Waals surface area contributed by atoms with Gasteiger partial charge >= 0.3 is 0 Å². The highest BCUT2D eigenvalue weighted by Crippen LogP contribution is 2.20. The van der Waals surface area contributed by atoms with E-state index in [0.29, 0.717) is 5.69 Å². The second-order valence-electron chi connectivity index (χ2n) is 4.07. The van der Waals surface area contributed by atoms with Crippen LogP contribution < -0.4 is 10.6 Å². The summed E-state index contributed by atoms with van der Waals surface area (Å²) in [5.41, 5.74) is 0.329. The van der Waals surface area contributed by atoms with Crippen molar-refractivity contribution in [2.45, 2.75) is 6.54 Å². The van der Waals surface area contributed by atoms with Crippen molar-refractivity contribution in [3.63, 3.8) is 0 Å². The Bertz CT molecular complexity index is 594. The third-order valence-electron chi connectivity index (χ3n) is 2.71. The van der Waals surface area contributed by atoms with Crippen LogP contribution in [0.15, 0.2) is 36.5 Å². The summed E-state index contributed by atoms with van der Waals surface area (Å²) < 4.78 is 27.1. The minimum atomic E-state index is -0.810. The minimum absolute atomic E-state index is 0.0741. The lowest BCUT2D eigenvalue weighted by Crippen LogP contribution is -2.23. The van der Waals surface area contributed by atoms with Crippen LogP contribution in [0, 0.1) is 11.6 Å². The van der Waals surface area contributed by atoms with Crippen LogP contribution in [0.1, 0.15) is 16.1 Å². The molecule has 0 bridgehead atoms. The molecule has 2 N–H and O–H groups in total. The fourth-order valence-corrected chi connectivity index (χ4v) is 1.72. The Balaban J connectivity index is 2.10. The largest absolute Gasteiger partial charge is 0.383 e. The third kappa shape index (κ3) is 3.09. The van der Waals surface area contributed by atoms with Crippen molar-refractivity contribution in [3.8, 4) is 0 Å². The molecule has 1 amide bonds. The average molecular weight is 277 g/mol. The van der Waals surface area contributed by atoms with Crippen LogP contribution in [0.3, 0.4) is 0 Å². The van der Waals surface area contributed by atoms with Gasteiger partial charge in [0.25, 0.3) is 5.91 Å². The summed E-state index contributed by atoms with van der Waals surface area (Å²) >= 11 is 0. The van der Waals surface area contributed by atoms with Gasteiger partial charge in [0.2, 0.25) is 0 Å². The van der Waals surface area contributed by atoms with E-state index in [1.54, 1.807) is 24.4 Å². The Morgan fingerprint density at radius 3 is 2.50 bits per heavy atom. The predicted octanol–water partition coefficient (Wildman–Crippen LogP) is 2.33. The lowest BCUT2D eigenvalue weighted by molar-refractivity contribution is 0.0949. The number of benzene rings is 1. The Morgan fingerprint density at radius 1 is 1.25 bits per heavy atom. The van der Waals surface area contributed by atoms with Crippen LogP contribution in [0.2, 0.25) is 0 Å². The first-order valence-corrected chi connectivity index (χ1v) is 5.96. The van der Waals surface area contributed by atoms with E-state index in [4.69, 9.17) is 0 Å². The summed E-state index contributed by atoms with van der Waals surface area (Å²) in [4.78, 5) is 15.9. The SMILES string of the molecule is CNc1c(F)cc(C(=O)NCc2ccccn2)cc1F. The van der Waals surface area contributed by atoms with E-state index in [1.165, 1.54) is 7.05 Å². The molecule has 0 spiro atoms. The molecule has 6 heteroatoms. The molecule has 4 nitrogen and oxygen atoms in total. The molecule has 2 rings (SSSR count). The van der Waals surface area contributed by atoms with Gasteiger partial charge in [-0.3, -0.25) is 9.78 Å². The Kier molecular flexibility index (Phi) is 4.24. The normalized spacial score (nSPS) is 10.2. The second kappa shape index (κ2) is 6.10. The Labute approximate surface area is 114 Å². The maximum atomic E-state index is 13.5. The number of carbonyl (C=O) groups is 1. The van der Waals surface area contributed by atoms with Crippen molar-refractivity contribution < 1.29 is 13.6 Å². The molecule has 104 valence electrons. The zero-order valence-electron chi connectivity index (χ0n) is 10.8. The van der Waals surface area contributed by atoms with Crippen molar-refractivity contribution in [1.82, 2.24) is 10.3 Å². The molecule has 0 aliphatic heterocycles. The number of hydrogen-bond acceptors (Lipinski definition) is 3. The number of anilines is 1. The number of amides is 1. The van der Waals surface area contributed by atoms with E-state index in [2.05, 4.69) is 15.6 Å². The molecular weight excluding hydrogens is 264 g/mol. The van der Waals surface area contributed by atoms with Gasteiger partial charge < -0.3 is 10.6 Å². The molecule has 1 aromatic carbocycles. The Hall–Kier alpha value is -2.50. The predicted molar refractivity (Wildman–Crippen MR) is 71.3 cm³/mol. The number of hydrogen-bond donors (Lipinski definition) is 2. The van der Waals surface area contributed by atoms with E-state index in [1.807, 2.05) is 0 Å². The van der Waals surface area contributed by atoms with E-state index < -0.39 is 17.5 Å². The van der Waals surface area contributed by atoms with Gasteiger partial charge in [0.1, 0.15) is 17.3 Å². The highest BCUT2D eigenvalue weighted by Gasteiger charge is 2.14. The lowest BCUT2D eigenvalue weighted by Gasteiger charge is -2.08. The molecular formula is C14H13F2N3O. The molecule has 2 aromatic rings. The van der Waals surface area contributed by atoms with Crippen molar-refractivity contribution >= 4 is 11.6 Å². The molecule has 0 saturated carbocycles. The van der Waals surface area contributed by atoms with Gasteiger partial charge in [-0.25, -0.2) is 8.78 Å². The van der Waals surface area contributed by atoms with Crippen LogP contribution >= 0.6 is 0 Å². The van der Waals surface area contributed by atoms with E-state index >= 15 is 0 Å². The van der Waals surface area contributed by atoms with Gasteiger partial charge in [-0.05, 0) is 24.3 Å². The molecule has 1 aromatic heterocycles. The quantitative estimate of drug-likeness (QED) is 0.902. The van der Waals surface area contributed by atoms with Crippen LogP contribution in [0.25, 0.3) is 0 Å². The van der Waals surface area contributed by atoms with Gasteiger partial charge in [-0.15, -0.1) is 0 Å². The molecule has 0 fully saturated rings. The lowest BCUT2D eigenvalue weighted by atomic mass is 10.1. The maximum Gasteiger partial charge on any atom is 0.251 e. The summed E-state index contributed by atoms with van der Waals surface area (Å²) in [6.45, 7) is 0.191. The monoisotopic (exact) mass is 277 g/mol. The third-order valence-corrected chi connectivity index (χ3v) is 2.71. The Morgan fingerprint density at radius 2 is 1.95 bits per heavy atom. The fraction of sp³-hybridized carbons (Fsp3) is 0.143. The number of rotatable bonds is 4. The number of aromatic nitrogens is 1. The topological polar surface area (TPSA) is 54.0 Å². The van der Waals surface area contributed by atoms with Gasteiger partial charge in [0, 0.05) is 18.8 Å². The second-order valence-corrected chi connectivity index (χ2v) is 4.07. The standard InChI is InChI=1S/C14H13F2N3O/c1-17-13-11(15)6-9(7-12(13)16)14(20)19-8-10-4-2-3-5-18-10/h2-7,17H,8H2,1H3,(H,19,20). The van der Waals surface area contributed by atoms with E-state index in [-0.39, 0.29) is 17.8 Å². The van der Waals surface area contributed by atoms with Crippen LogP contribution in [-0.4, -0.2) is 17.9 Å². The summed E-state index contributed by atoms with van der Waals surface area (Å²) in [7, 11) is 1.41. The summed E-state index contributed by atoms with van der Waals surface area (Å²) in [6, 6.07) is 7.26. The van der Waals surface area contributed by atoms with Gasteiger partial charge in [0.15, 0.2) is 0 Å². The number of nitrogens with zero attached hydrogens (tertiary/aromatic N) is 1. The zero-order valence-corrected chi connectivity index (χ0v) is 10.8. The smallest absolute Gasteiger partial charge is 0.251 e.